The van der Waals surface area contributed by atoms with E-state index in [0.717, 1.165) is 18.7 Å². The quantitative estimate of drug-likeness (QED) is 0.622. The number of rotatable bonds is 8. The standard InChI is InChI=1S/C26H33FN4O4/c27-23-8-6-22(7-9-23)25(32)30(11-10-29-12-15-34-16-13-29)19-24-20-31(14-17-35-24)26(33)28-18-21-4-2-1-3-5-21/h1-9,24H,10-20H2,(H,28,33)/t24-/m0/s1. The molecule has 4 rings (SSSR count). The third-order valence-electron chi connectivity index (χ3n) is 6.30. The number of urea groups is 1. The normalized spacial score (nSPS) is 18.8. The fraction of sp³-hybridized carbons (Fsp3) is 0.462. The third kappa shape index (κ3) is 7.48. The van der Waals surface area contributed by atoms with Crippen molar-refractivity contribution in [3.63, 3.8) is 0 Å². The number of morpholine rings is 2. The fourth-order valence-electron chi connectivity index (χ4n) is 4.28. The van der Waals surface area contributed by atoms with Crippen LogP contribution in [-0.2, 0) is 16.0 Å². The zero-order valence-electron chi connectivity index (χ0n) is 19.9. The van der Waals surface area contributed by atoms with Gasteiger partial charge in [0.25, 0.3) is 5.91 Å². The van der Waals surface area contributed by atoms with Crippen molar-refractivity contribution in [2.45, 2.75) is 12.6 Å². The van der Waals surface area contributed by atoms with E-state index in [2.05, 4.69) is 10.2 Å². The van der Waals surface area contributed by atoms with Gasteiger partial charge in [-0.05, 0) is 29.8 Å². The van der Waals surface area contributed by atoms with E-state index in [1.807, 2.05) is 30.3 Å². The molecule has 2 aromatic carbocycles. The highest BCUT2D eigenvalue weighted by Gasteiger charge is 2.28. The molecule has 0 aliphatic carbocycles. The summed E-state index contributed by atoms with van der Waals surface area (Å²) < 4.78 is 24.8. The molecule has 2 aromatic rings. The summed E-state index contributed by atoms with van der Waals surface area (Å²) in [5, 5.41) is 2.96. The van der Waals surface area contributed by atoms with E-state index >= 15 is 0 Å². The van der Waals surface area contributed by atoms with Gasteiger partial charge in [-0.2, -0.15) is 0 Å². The Morgan fingerprint density at radius 1 is 1.00 bits per heavy atom. The molecule has 35 heavy (non-hydrogen) atoms. The Kier molecular flexibility index (Phi) is 9.05. The van der Waals surface area contributed by atoms with Crippen molar-refractivity contribution in [2.24, 2.45) is 0 Å². The molecular weight excluding hydrogens is 451 g/mol. The molecule has 1 N–H and O–H groups in total. The Labute approximate surface area is 205 Å². The van der Waals surface area contributed by atoms with Gasteiger partial charge in [-0.1, -0.05) is 30.3 Å². The van der Waals surface area contributed by atoms with Gasteiger partial charge in [0.15, 0.2) is 0 Å². The first-order valence-corrected chi connectivity index (χ1v) is 12.1. The summed E-state index contributed by atoms with van der Waals surface area (Å²) in [6.45, 7) is 6.35. The van der Waals surface area contributed by atoms with Crippen molar-refractivity contribution in [2.75, 3.05) is 65.6 Å². The molecule has 2 heterocycles. The predicted molar refractivity (Wildman–Crippen MR) is 130 cm³/mol. The summed E-state index contributed by atoms with van der Waals surface area (Å²) in [7, 11) is 0. The van der Waals surface area contributed by atoms with E-state index < -0.39 is 0 Å². The number of nitrogens with one attached hydrogen (secondary N) is 1. The first-order chi connectivity index (χ1) is 17.1. The number of ether oxygens (including phenoxy) is 2. The maximum Gasteiger partial charge on any atom is 0.317 e. The molecule has 2 aliphatic heterocycles. The van der Waals surface area contributed by atoms with Crippen LogP contribution >= 0.6 is 0 Å². The summed E-state index contributed by atoms with van der Waals surface area (Å²) in [6.07, 6.45) is -0.305. The zero-order chi connectivity index (χ0) is 24.5. The van der Waals surface area contributed by atoms with Crippen molar-refractivity contribution in [3.8, 4) is 0 Å². The van der Waals surface area contributed by atoms with Crippen LogP contribution in [0, 0.1) is 5.82 Å². The smallest absolute Gasteiger partial charge is 0.317 e. The van der Waals surface area contributed by atoms with Gasteiger partial charge in [-0.3, -0.25) is 9.69 Å². The number of carbonyl (C=O) groups excluding carboxylic acids is 2. The molecule has 0 spiro atoms. The number of benzene rings is 2. The number of hydrogen-bond donors (Lipinski definition) is 1. The maximum absolute atomic E-state index is 13.4. The second kappa shape index (κ2) is 12.6. The minimum Gasteiger partial charge on any atom is -0.379 e. The highest BCUT2D eigenvalue weighted by Crippen LogP contribution is 2.13. The van der Waals surface area contributed by atoms with Crippen LogP contribution < -0.4 is 5.32 Å². The Balaban J connectivity index is 1.36. The largest absolute Gasteiger partial charge is 0.379 e. The minimum atomic E-state index is -0.380. The van der Waals surface area contributed by atoms with Crippen LogP contribution in [0.25, 0.3) is 0 Å². The first kappa shape index (κ1) is 25.1. The highest BCUT2D eigenvalue weighted by atomic mass is 19.1. The van der Waals surface area contributed by atoms with Gasteiger partial charge in [0.05, 0.1) is 32.5 Å². The summed E-state index contributed by atoms with van der Waals surface area (Å²) in [6, 6.07) is 15.2. The van der Waals surface area contributed by atoms with E-state index in [1.54, 1.807) is 9.80 Å². The first-order valence-electron chi connectivity index (χ1n) is 12.1. The Morgan fingerprint density at radius 3 is 2.49 bits per heavy atom. The van der Waals surface area contributed by atoms with Crippen molar-refractivity contribution in [1.29, 1.82) is 0 Å². The van der Waals surface area contributed by atoms with E-state index in [-0.39, 0.29) is 23.9 Å². The summed E-state index contributed by atoms with van der Waals surface area (Å²) in [5.74, 6) is -0.554. The molecule has 2 fully saturated rings. The lowest BCUT2D eigenvalue weighted by molar-refractivity contribution is -0.0297. The van der Waals surface area contributed by atoms with E-state index in [4.69, 9.17) is 9.47 Å². The molecular formula is C26H33FN4O4. The second-order valence-electron chi connectivity index (χ2n) is 8.80. The Bertz CT molecular complexity index is 954. The van der Waals surface area contributed by atoms with Gasteiger partial charge >= 0.3 is 6.03 Å². The molecule has 3 amide bonds. The van der Waals surface area contributed by atoms with Crippen LogP contribution in [-0.4, -0.2) is 98.4 Å². The second-order valence-corrected chi connectivity index (χ2v) is 8.80. The fourth-order valence-corrected chi connectivity index (χ4v) is 4.28. The summed E-state index contributed by atoms with van der Waals surface area (Å²) in [4.78, 5) is 31.8. The van der Waals surface area contributed by atoms with Crippen LogP contribution in [0.15, 0.2) is 54.6 Å². The van der Waals surface area contributed by atoms with Gasteiger partial charge in [0.1, 0.15) is 5.82 Å². The SMILES string of the molecule is O=C(NCc1ccccc1)N1CCO[C@@H](CN(CCN2CCOCC2)C(=O)c2ccc(F)cc2)C1. The van der Waals surface area contributed by atoms with Crippen molar-refractivity contribution >= 4 is 11.9 Å². The highest BCUT2D eigenvalue weighted by molar-refractivity contribution is 5.94. The minimum absolute atomic E-state index is 0.146. The van der Waals surface area contributed by atoms with Gasteiger partial charge in [-0.25, -0.2) is 9.18 Å². The monoisotopic (exact) mass is 484 g/mol. The summed E-state index contributed by atoms with van der Waals surface area (Å²) in [5.41, 5.74) is 1.46. The van der Waals surface area contributed by atoms with Gasteiger partial charge in [0, 0.05) is 51.4 Å². The average Bonchev–Trinajstić information content (AvgIpc) is 2.91. The zero-order valence-corrected chi connectivity index (χ0v) is 19.9. The average molecular weight is 485 g/mol. The van der Waals surface area contributed by atoms with E-state index in [9.17, 15) is 14.0 Å². The van der Waals surface area contributed by atoms with Crippen LogP contribution in [0.4, 0.5) is 9.18 Å². The van der Waals surface area contributed by atoms with E-state index in [0.29, 0.717) is 64.7 Å². The molecule has 2 saturated heterocycles. The number of nitrogens with zero attached hydrogens (tertiary/aromatic N) is 3. The van der Waals surface area contributed by atoms with Gasteiger partial charge in [0.2, 0.25) is 0 Å². The van der Waals surface area contributed by atoms with Gasteiger partial charge < -0.3 is 24.6 Å². The maximum atomic E-state index is 13.4. The predicted octanol–water partition coefficient (Wildman–Crippen LogP) is 2.21. The molecule has 0 radical (unpaired) electrons. The number of halogens is 1. The lowest BCUT2D eigenvalue weighted by Crippen LogP contribution is -2.53. The molecule has 188 valence electrons. The number of amides is 3. The van der Waals surface area contributed by atoms with Crippen molar-refractivity contribution in [3.05, 3.63) is 71.5 Å². The molecule has 8 nitrogen and oxygen atoms in total. The molecule has 1 atom stereocenters. The van der Waals surface area contributed by atoms with Crippen LogP contribution in [0.5, 0.6) is 0 Å². The molecule has 9 heteroatoms. The van der Waals surface area contributed by atoms with Crippen LogP contribution in [0.1, 0.15) is 15.9 Å². The van der Waals surface area contributed by atoms with Crippen molar-refractivity contribution < 1.29 is 23.5 Å². The molecule has 0 saturated carbocycles. The van der Waals surface area contributed by atoms with Crippen LogP contribution in [0.3, 0.4) is 0 Å². The Hall–Kier alpha value is -3.01. The van der Waals surface area contributed by atoms with Crippen molar-refractivity contribution in [1.82, 2.24) is 20.0 Å². The van der Waals surface area contributed by atoms with Crippen LogP contribution in [0.2, 0.25) is 0 Å². The topological polar surface area (TPSA) is 74.4 Å². The van der Waals surface area contributed by atoms with Gasteiger partial charge in [-0.15, -0.1) is 0 Å². The molecule has 0 unspecified atom stereocenters. The summed E-state index contributed by atoms with van der Waals surface area (Å²) >= 11 is 0. The lowest BCUT2D eigenvalue weighted by Gasteiger charge is -2.36. The molecule has 2 aliphatic rings. The molecule has 0 aromatic heterocycles. The number of hydrogen-bond acceptors (Lipinski definition) is 5. The van der Waals surface area contributed by atoms with E-state index in [1.165, 1.54) is 24.3 Å². The third-order valence-corrected chi connectivity index (χ3v) is 6.30. The lowest BCUT2D eigenvalue weighted by atomic mass is 10.1. The number of carbonyl (C=O) groups is 2. The molecule has 0 bridgehead atoms. The Morgan fingerprint density at radius 2 is 1.74 bits per heavy atom.